The van der Waals surface area contributed by atoms with Crippen molar-refractivity contribution in [2.75, 3.05) is 20.8 Å². The Bertz CT molecular complexity index is 845. The third-order valence-corrected chi connectivity index (χ3v) is 5.20. The molecule has 7 nitrogen and oxygen atoms in total. The molecule has 3 atom stereocenters. The zero-order valence-corrected chi connectivity index (χ0v) is 14.8. The summed E-state index contributed by atoms with van der Waals surface area (Å²) in [7, 11) is 3.13. The van der Waals surface area contributed by atoms with E-state index in [1.54, 1.807) is 32.4 Å². The van der Waals surface area contributed by atoms with Crippen LogP contribution < -0.4 is 14.8 Å². The van der Waals surface area contributed by atoms with Crippen LogP contribution in [0.3, 0.4) is 0 Å². The van der Waals surface area contributed by atoms with Crippen LogP contribution in [0.15, 0.2) is 34.9 Å². The highest BCUT2D eigenvalue weighted by molar-refractivity contribution is 5.89. The van der Waals surface area contributed by atoms with Gasteiger partial charge in [-0.05, 0) is 48.8 Å². The molecule has 1 N–H and O–H groups in total. The van der Waals surface area contributed by atoms with E-state index in [1.165, 1.54) is 6.42 Å². The van der Waals surface area contributed by atoms with Gasteiger partial charge in [-0.1, -0.05) is 17.3 Å². The van der Waals surface area contributed by atoms with E-state index in [1.807, 2.05) is 0 Å². The van der Waals surface area contributed by atoms with E-state index in [9.17, 15) is 4.79 Å². The van der Waals surface area contributed by atoms with Crippen LogP contribution >= 0.6 is 0 Å². The highest BCUT2D eigenvalue weighted by atomic mass is 16.5. The molecule has 0 radical (unpaired) electrons. The molecule has 4 rings (SSSR count). The molecule has 1 aromatic carbocycles. The van der Waals surface area contributed by atoms with Crippen LogP contribution in [-0.4, -0.2) is 36.8 Å². The molecule has 0 aliphatic heterocycles. The van der Waals surface area contributed by atoms with Crippen molar-refractivity contribution in [3.05, 3.63) is 36.2 Å². The summed E-state index contributed by atoms with van der Waals surface area (Å²) in [4.78, 5) is 16.5. The van der Waals surface area contributed by atoms with E-state index in [4.69, 9.17) is 14.0 Å². The van der Waals surface area contributed by atoms with Crippen molar-refractivity contribution in [3.8, 4) is 22.9 Å². The average molecular weight is 355 g/mol. The Balaban J connectivity index is 1.42. The van der Waals surface area contributed by atoms with Crippen molar-refractivity contribution in [2.24, 2.45) is 17.8 Å². The lowest BCUT2D eigenvalue weighted by atomic mass is 9.94. The van der Waals surface area contributed by atoms with E-state index >= 15 is 0 Å². The number of benzene rings is 1. The molecule has 0 spiro atoms. The van der Waals surface area contributed by atoms with E-state index < -0.39 is 0 Å². The highest BCUT2D eigenvalue weighted by Gasteiger charge is 2.35. The maximum atomic E-state index is 12.3. The van der Waals surface area contributed by atoms with Gasteiger partial charge in [-0.2, -0.15) is 4.98 Å². The summed E-state index contributed by atoms with van der Waals surface area (Å²) in [5.41, 5.74) is 0.684. The second-order valence-corrected chi connectivity index (χ2v) is 6.74. The number of fused-ring (bicyclic) bond motifs is 2. The number of ether oxygens (including phenoxy) is 2. The molecular weight excluding hydrogens is 334 g/mol. The Morgan fingerprint density at radius 1 is 1.23 bits per heavy atom. The lowest BCUT2D eigenvalue weighted by Gasteiger charge is -2.17. The zero-order chi connectivity index (χ0) is 18.1. The Kier molecular flexibility index (Phi) is 4.36. The molecule has 2 aromatic rings. The van der Waals surface area contributed by atoms with Gasteiger partial charge in [0.2, 0.25) is 5.82 Å². The van der Waals surface area contributed by atoms with Gasteiger partial charge in [-0.25, -0.2) is 0 Å². The van der Waals surface area contributed by atoms with Crippen LogP contribution in [0.2, 0.25) is 0 Å². The fraction of sp³-hybridized carbons (Fsp3) is 0.421. The third kappa shape index (κ3) is 3.05. The number of rotatable bonds is 6. The number of aromatic nitrogens is 2. The second kappa shape index (κ2) is 6.82. The van der Waals surface area contributed by atoms with Crippen molar-refractivity contribution in [3.63, 3.8) is 0 Å². The summed E-state index contributed by atoms with van der Waals surface area (Å²) in [5, 5.41) is 6.82. The maximum absolute atomic E-state index is 12.3. The van der Waals surface area contributed by atoms with Crippen molar-refractivity contribution in [1.82, 2.24) is 15.5 Å². The molecule has 26 heavy (non-hydrogen) atoms. The van der Waals surface area contributed by atoms with Gasteiger partial charge in [0.25, 0.3) is 0 Å². The number of amides is 1. The topological polar surface area (TPSA) is 86.5 Å². The van der Waals surface area contributed by atoms with E-state index in [-0.39, 0.29) is 11.8 Å². The largest absolute Gasteiger partial charge is 0.493 e. The molecule has 0 saturated heterocycles. The first-order chi connectivity index (χ1) is 12.7. The normalized spacial score (nSPS) is 23.2. The predicted molar refractivity (Wildman–Crippen MR) is 94.0 cm³/mol. The Morgan fingerprint density at radius 2 is 2.08 bits per heavy atom. The molecule has 1 saturated carbocycles. The Morgan fingerprint density at radius 3 is 2.77 bits per heavy atom. The number of hydrogen-bond donors (Lipinski definition) is 1. The number of carbonyl (C=O) groups is 1. The molecule has 1 amide bonds. The van der Waals surface area contributed by atoms with Gasteiger partial charge in [0.1, 0.15) is 0 Å². The predicted octanol–water partition coefficient (Wildman–Crippen LogP) is 2.70. The van der Waals surface area contributed by atoms with Gasteiger partial charge < -0.3 is 19.3 Å². The van der Waals surface area contributed by atoms with Crippen LogP contribution in [0, 0.1) is 17.8 Å². The summed E-state index contributed by atoms with van der Waals surface area (Å²) in [6, 6.07) is 5.29. The van der Waals surface area contributed by atoms with Crippen LogP contribution in [0.4, 0.5) is 0 Å². The van der Waals surface area contributed by atoms with Crippen LogP contribution in [0.25, 0.3) is 11.4 Å². The summed E-state index contributed by atoms with van der Waals surface area (Å²) in [6.07, 6.45) is 6.91. The van der Waals surface area contributed by atoms with Gasteiger partial charge in [-0.15, -0.1) is 0 Å². The molecule has 1 fully saturated rings. The molecule has 1 aromatic heterocycles. The Labute approximate surface area is 151 Å². The summed E-state index contributed by atoms with van der Waals surface area (Å²) in [6.45, 7) is 0.637. The van der Waals surface area contributed by atoms with E-state index in [0.717, 1.165) is 6.42 Å². The third-order valence-electron chi connectivity index (χ3n) is 5.20. The SMILES string of the molecule is COc1ccc(-c2noc(C(=O)NC[C@@H]3C[C@H]4C=C[C@H]3C4)n2)cc1OC. The lowest BCUT2D eigenvalue weighted by molar-refractivity contribution is 0.0901. The number of carbonyl (C=O) groups excluding carboxylic acids is 1. The minimum atomic E-state index is -0.337. The first-order valence-electron chi connectivity index (χ1n) is 8.70. The minimum Gasteiger partial charge on any atom is -0.493 e. The number of methoxy groups -OCH3 is 2. The van der Waals surface area contributed by atoms with Crippen LogP contribution in [-0.2, 0) is 0 Å². The maximum Gasteiger partial charge on any atom is 0.316 e. The van der Waals surface area contributed by atoms with E-state index in [2.05, 4.69) is 27.6 Å². The first kappa shape index (κ1) is 16.6. The molecular formula is C19H21N3O4. The zero-order valence-electron chi connectivity index (χ0n) is 14.8. The van der Waals surface area contributed by atoms with Gasteiger partial charge in [-0.3, -0.25) is 4.79 Å². The number of nitrogens with one attached hydrogen (secondary N) is 1. The minimum absolute atomic E-state index is 0.0338. The standard InChI is InChI=1S/C19H21N3O4/c1-24-15-6-5-13(9-16(15)25-2)17-21-19(26-22-17)18(23)20-10-14-8-11-3-4-12(14)7-11/h3-6,9,11-12,14H,7-8,10H2,1-2H3,(H,20,23)/t11-,12-,14-/m0/s1. The van der Waals surface area contributed by atoms with Gasteiger partial charge in [0, 0.05) is 12.1 Å². The molecule has 1 heterocycles. The quantitative estimate of drug-likeness (QED) is 0.802. The van der Waals surface area contributed by atoms with Crippen molar-refractivity contribution >= 4 is 5.91 Å². The Hall–Kier alpha value is -2.83. The lowest BCUT2D eigenvalue weighted by Crippen LogP contribution is -2.31. The highest BCUT2D eigenvalue weighted by Crippen LogP contribution is 2.43. The second-order valence-electron chi connectivity index (χ2n) is 6.74. The molecule has 136 valence electrons. The van der Waals surface area contributed by atoms with Crippen molar-refractivity contribution in [1.29, 1.82) is 0 Å². The number of allylic oxidation sites excluding steroid dienone is 2. The monoisotopic (exact) mass is 355 g/mol. The average Bonchev–Trinajstić information content (AvgIpc) is 3.42. The van der Waals surface area contributed by atoms with Crippen LogP contribution in [0.5, 0.6) is 11.5 Å². The molecule has 0 unspecified atom stereocenters. The summed E-state index contributed by atoms with van der Waals surface area (Å²) < 4.78 is 15.6. The fourth-order valence-corrected chi connectivity index (χ4v) is 3.84. The van der Waals surface area contributed by atoms with E-state index in [0.29, 0.717) is 47.2 Å². The number of hydrogen-bond acceptors (Lipinski definition) is 6. The molecule has 2 bridgehead atoms. The van der Waals surface area contributed by atoms with Gasteiger partial charge in [0.15, 0.2) is 11.5 Å². The van der Waals surface area contributed by atoms with Crippen LogP contribution in [0.1, 0.15) is 23.5 Å². The van der Waals surface area contributed by atoms with Gasteiger partial charge >= 0.3 is 11.8 Å². The fourth-order valence-electron chi connectivity index (χ4n) is 3.84. The first-order valence-corrected chi connectivity index (χ1v) is 8.70. The molecule has 2 aliphatic carbocycles. The molecule has 7 heteroatoms. The number of nitrogens with zero attached hydrogens (tertiary/aromatic N) is 2. The van der Waals surface area contributed by atoms with Gasteiger partial charge in [0.05, 0.1) is 14.2 Å². The summed E-state index contributed by atoms with van der Waals surface area (Å²) in [5.74, 6) is 2.90. The van der Waals surface area contributed by atoms with Crippen molar-refractivity contribution in [2.45, 2.75) is 12.8 Å². The smallest absolute Gasteiger partial charge is 0.316 e. The van der Waals surface area contributed by atoms with Crippen molar-refractivity contribution < 1.29 is 18.8 Å². The summed E-state index contributed by atoms with van der Waals surface area (Å²) >= 11 is 0. The molecule has 2 aliphatic rings.